The summed E-state index contributed by atoms with van der Waals surface area (Å²) in [7, 11) is 0. The number of carbonyl (C=O) groups excluding carboxylic acids is 1. The molecule has 2 atom stereocenters. The Kier molecular flexibility index (Phi) is 3.97. The molecular formula is C14H17NO3. The first-order chi connectivity index (χ1) is 8.68. The lowest BCUT2D eigenvalue weighted by Crippen LogP contribution is -2.36. The normalized spacial score (nSPS) is 23.3. The molecule has 2 N–H and O–H groups in total. The number of hydrogen-bond donors (Lipinski definition) is 2. The minimum absolute atomic E-state index is 0.173. The molecule has 96 valence electrons. The van der Waals surface area contributed by atoms with Gasteiger partial charge in [0.25, 0.3) is 0 Å². The molecule has 1 saturated carbocycles. The number of amides is 1. The first-order valence-electron chi connectivity index (χ1n) is 6.27. The highest BCUT2D eigenvalue weighted by Gasteiger charge is 2.35. The van der Waals surface area contributed by atoms with Gasteiger partial charge in [0.1, 0.15) is 0 Å². The van der Waals surface area contributed by atoms with Gasteiger partial charge in [0, 0.05) is 5.69 Å². The van der Waals surface area contributed by atoms with Crippen LogP contribution in [0, 0.1) is 11.8 Å². The molecule has 2 rings (SSSR count). The number of para-hydroxylation sites is 1. The number of carbonyl (C=O) groups is 2. The van der Waals surface area contributed by atoms with E-state index in [0.29, 0.717) is 12.8 Å². The highest BCUT2D eigenvalue weighted by Crippen LogP contribution is 2.31. The van der Waals surface area contributed by atoms with Crippen molar-refractivity contribution in [2.45, 2.75) is 25.7 Å². The van der Waals surface area contributed by atoms with Crippen LogP contribution in [0.25, 0.3) is 0 Å². The summed E-state index contributed by atoms with van der Waals surface area (Å²) in [5, 5.41) is 11.9. The summed E-state index contributed by atoms with van der Waals surface area (Å²) in [5.74, 6) is -1.98. The number of anilines is 1. The summed E-state index contributed by atoms with van der Waals surface area (Å²) in [6.45, 7) is 0. The lowest BCUT2D eigenvalue weighted by atomic mass is 9.78. The number of nitrogens with one attached hydrogen (secondary N) is 1. The predicted molar refractivity (Wildman–Crippen MR) is 68.2 cm³/mol. The molecule has 4 nitrogen and oxygen atoms in total. The summed E-state index contributed by atoms with van der Waals surface area (Å²) in [6, 6.07) is 9.15. The van der Waals surface area contributed by atoms with Gasteiger partial charge < -0.3 is 10.4 Å². The second kappa shape index (κ2) is 5.67. The van der Waals surface area contributed by atoms with Crippen LogP contribution in [0.1, 0.15) is 25.7 Å². The Balaban J connectivity index is 2.05. The van der Waals surface area contributed by atoms with Gasteiger partial charge in [-0.3, -0.25) is 9.59 Å². The van der Waals surface area contributed by atoms with Gasteiger partial charge >= 0.3 is 5.97 Å². The Morgan fingerprint density at radius 2 is 1.67 bits per heavy atom. The number of carboxylic acid groups (broad SMARTS) is 1. The smallest absolute Gasteiger partial charge is 0.307 e. The summed E-state index contributed by atoms with van der Waals surface area (Å²) in [6.07, 6.45) is 3.08. The maximum Gasteiger partial charge on any atom is 0.307 e. The fraction of sp³-hybridized carbons (Fsp3) is 0.429. The Morgan fingerprint density at radius 1 is 1.06 bits per heavy atom. The molecule has 0 unspecified atom stereocenters. The molecular weight excluding hydrogens is 230 g/mol. The van der Waals surface area contributed by atoms with Crippen LogP contribution in [0.2, 0.25) is 0 Å². The van der Waals surface area contributed by atoms with E-state index in [9.17, 15) is 9.59 Å². The van der Waals surface area contributed by atoms with Crippen LogP contribution in [0.5, 0.6) is 0 Å². The zero-order valence-corrected chi connectivity index (χ0v) is 10.1. The Morgan fingerprint density at radius 3 is 2.28 bits per heavy atom. The van der Waals surface area contributed by atoms with Crippen molar-refractivity contribution in [3.63, 3.8) is 0 Å². The Labute approximate surface area is 106 Å². The molecule has 0 radical (unpaired) electrons. The highest BCUT2D eigenvalue weighted by molar-refractivity contribution is 5.95. The topological polar surface area (TPSA) is 66.4 Å². The van der Waals surface area contributed by atoms with Crippen LogP contribution in [-0.4, -0.2) is 17.0 Å². The van der Waals surface area contributed by atoms with Crippen molar-refractivity contribution < 1.29 is 14.7 Å². The molecule has 0 spiro atoms. The largest absolute Gasteiger partial charge is 0.481 e. The Bertz CT molecular complexity index is 430. The minimum Gasteiger partial charge on any atom is -0.481 e. The summed E-state index contributed by atoms with van der Waals surface area (Å²) in [4.78, 5) is 23.2. The van der Waals surface area contributed by atoms with Crippen LogP contribution in [0.3, 0.4) is 0 Å². The molecule has 4 heteroatoms. The standard InChI is InChI=1S/C14H17NO3/c16-13(15-10-6-2-1-3-7-10)11-8-4-5-9-12(11)14(17)18/h1-3,6-7,11-12H,4-5,8-9H2,(H,15,16)(H,17,18)/t11-,12-/m1/s1. The monoisotopic (exact) mass is 247 g/mol. The fourth-order valence-electron chi connectivity index (χ4n) is 2.50. The second-order valence-electron chi connectivity index (χ2n) is 4.69. The van der Waals surface area contributed by atoms with Gasteiger partial charge in [0.05, 0.1) is 11.8 Å². The van der Waals surface area contributed by atoms with Gasteiger partial charge in [-0.05, 0) is 25.0 Å². The lowest BCUT2D eigenvalue weighted by molar-refractivity contribution is -0.147. The van der Waals surface area contributed by atoms with Crippen molar-refractivity contribution >= 4 is 17.6 Å². The average Bonchev–Trinajstić information content (AvgIpc) is 2.40. The van der Waals surface area contributed by atoms with Crippen molar-refractivity contribution in [3.8, 4) is 0 Å². The minimum atomic E-state index is -0.858. The van der Waals surface area contributed by atoms with E-state index in [1.165, 1.54) is 0 Å². The van der Waals surface area contributed by atoms with E-state index in [-0.39, 0.29) is 5.91 Å². The number of hydrogen-bond acceptors (Lipinski definition) is 2. The zero-order valence-electron chi connectivity index (χ0n) is 10.1. The van der Waals surface area contributed by atoms with Crippen molar-refractivity contribution in [2.24, 2.45) is 11.8 Å². The molecule has 18 heavy (non-hydrogen) atoms. The van der Waals surface area contributed by atoms with E-state index < -0.39 is 17.8 Å². The average molecular weight is 247 g/mol. The highest BCUT2D eigenvalue weighted by atomic mass is 16.4. The third kappa shape index (κ3) is 2.88. The first-order valence-corrected chi connectivity index (χ1v) is 6.27. The lowest BCUT2D eigenvalue weighted by Gasteiger charge is -2.27. The number of carboxylic acids is 1. The van der Waals surface area contributed by atoms with Gasteiger partial charge in [0.15, 0.2) is 0 Å². The zero-order chi connectivity index (χ0) is 13.0. The first kappa shape index (κ1) is 12.6. The van der Waals surface area contributed by atoms with Crippen LogP contribution >= 0.6 is 0 Å². The van der Waals surface area contributed by atoms with Crippen LogP contribution in [-0.2, 0) is 9.59 Å². The van der Waals surface area contributed by atoms with E-state index in [1.54, 1.807) is 12.1 Å². The predicted octanol–water partition coefficient (Wildman–Crippen LogP) is 2.52. The van der Waals surface area contributed by atoms with Crippen molar-refractivity contribution in [1.82, 2.24) is 0 Å². The van der Waals surface area contributed by atoms with Crippen LogP contribution in [0.4, 0.5) is 5.69 Å². The molecule has 0 aromatic heterocycles. The van der Waals surface area contributed by atoms with E-state index in [1.807, 2.05) is 18.2 Å². The summed E-state index contributed by atoms with van der Waals surface area (Å²) < 4.78 is 0. The van der Waals surface area contributed by atoms with Gasteiger partial charge in [-0.15, -0.1) is 0 Å². The van der Waals surface area contributed by atoms with Crippen molar-refractivity contribution in [1.29, 1.82) is 0 Å². The van der Waals surface area contributed by atoms with Crippen LogP contribution in [0.15, 0.2) is 30.3 Å². The van der Waals surface area contributed by atoms with Crippen LogP contribution < -0.4 is 5.32 Å². The van der Waals surface area contributed by atoms with E-state index in [0.717, 1.165) is 18.5 Å². The summed E-state index contributed by atoms with van der Waals surface area (Å²) >= 11 is 0. The Hall–Kier alpha value is -1.84. The SMILES string of the molecule is O=C(O)[C@@H]1CCCC[C@H]1C(=O)Nc1ccccc1. The third-order valence-electron chi connectivity index (χ3n) is 3.46. The van der Waals surface area contributed by atoms with Gasteiger partial charge in [-0.25, -0.2) is 0 Å². The maximum atomic E-state index is 12.1. The maximum absolute atomic E-state index is 12.1. The number of rotatable bonds is 3. The quantitative estimate of drug-likeness (QED) is 0.862. The summed E-state index contributed by atoms with van der Waals surface area (Å²) in [5.41, 5.74) is 0.720. The molecule has 0 aliphatic heterocycles. The van der Waals surface area contributed by atoms with Crippen molar-refractivity contribution in [2.75, 3.05) is 5.32 Å². The van der Waals surface area contributed by atoms with E-state index >= 15 is 0 Å². The number of benzene rings is 1. The molecule has 1 amide bonds. The molecule has 1 fully saturated rings. The molecule has 0 bridgehead atoms. The molecule has 1 aliphatic carbocycles. The van der Waals surface area contributed by atoms with Gasteiger partial charge in [-0.1, -0.05) is 31.0 Å². The van der Waals surface area contributed by atoms with E-state index in [2.05, 4.69) is 5.32 Å². The molecule has 0 saturated heterocycles. The van der Waals surface area contributed by atoms with Gasteiger partial charge in [0.2, 0.25) is 5.91 Å². The molecule has 1 aromatic rings. The number of aliphatic carboxylic acids is 1. The third-order valence-corrected chi connectivity index (χ3v) is 3.46. The van der Waals surface area contributed by atoms with Crippen molar-refractivity contribution in [3.05, 3.63) is 30.3 Å². The molecule has 1 aliphatic rings. The molecule has 0 heterocycles. The fourth-order valence-corrected chi connectivity index (χ4v) is 2.50. The molecule has 1 aromatic carbocycles. The van der Waals surface area contributed by atoms with E-state index in [4.69, 9.17) is 5.11 Å². The second-order valence-corrected chi connectivity index (χ2v) is 4.69. The van der Waals surface area contributed by atoms with Gasteiger partial charge in [-0.2, -0.15) is 0 Å².